The first-order chi connectivity index (χ1) is 7.74. The Labute approximate surface area is 93.5 Å². The summed E-state index contributed by atoms with van der Waals surface area (Å²) in [4.78, 5) is 16.2. The van der Waals surface area contributed by atoms with Crippen LogP contribution in [-0.4, -0.2) is 25.5 Å². The number of nitrogens with one attached hydrogen (secondary N) is 1. The third kappa shape index (κ3) is 1.76. The van der Waals surface area contributed by atoms with Crippen LogP contribution < -0.4 is 0 Å². The smallest absolute Gasteiger partial charge is 0.231 e. The second-order valence-electron chi connectivity index (χ2n) is 3.68. The largest absolute Gasteiger partial charge is 0.328 e. The number of nitrogens with zero attached hydrogens (tertiary/aromatic N) is 3. The molecule has 5 nitrogen and oxygen atoms in total. The summed E-state index contributed by atoms with van der Waals surface area (Å²) in [7, 11) is 0. The predicted molar refractivity (Wildman–Crippen MR) is 59.3 cm³/mol. The van der Waals surface area contributed by atoms with E-state index in [1.807, 2.05) is 17.7 Å². The number of aryl methyl sites for hydroxylation is 2. The summed E-state index contributed by atoms with van der Waals surface area (Å²) in [6.45, 7) is 4.70. The number of carbonyl (C=O) groups is 1. The third-order valence-electron chi connectivity index (χ3n) is 2.46. The molecule has 16 heavy (non-hydrogen) atoms. The van der Waals surface area contributed by atoms with Crippen LogP contribution in [0, 0.1) is 6.92 Å². The zero-order chi connectivity index (χ0) is 11.5. The number of rotatable bonds is 4. The molecule has 1 N–H and O–H groups in total. The Morgan fingerprint density at radius 1 is 1.56 bits per heavy atom. The van der Waals surface area contributed by atoms with E-state index in [9.17, 15) is 4.79 Å². The highest BCUT2D eigenvalue weighted by Crippen LogP contribution is 2.10. The highest BCUT2D eigenvalue weighted by atomic mass is 16.1. The molecule has 0 aliphatic rings. The summed E-state index contributed by atoms with van der Waals surface area (Å²) in [6.07, 6.45) is 5.99. The van der Waals surface area contributed by atoms with Crippen molar-refractivity contribution in [1.29, 1.82) is 0 Å². The first-order valence-electron chi connectivity index (χ1n) is 5.29. The van der Waals surface area contributed by atoms with Gasteiger partial charge in [-0.15, -0.1) is 0 Å². The molecule has 0 aliphatic carbocycles. The fourth-order valence-corrected chi connectivity index (χ4v) is 1.64. The van der Waals surface area contributed by atoms with Crippen LogP contribution in [0.5, 0.6) is 0 Å². The Balaban J connectivity index is 2.34. The van der Waals surface area contributed by atoms with Crippen molar-refractivity contribution >= 4 is 5.78 Å². The van der Waals surface area contributed by atoms with Gasteiger partial charge in [-0.25, -0.2) is 4.98 Å². The summed E-state index contributed by atoms with van der Waals surface area (Å²) in [5, 5.41) is 6.60. The molecule has 2 aromatic rings. The number of imidazole rings is 1. The molecular weight excluding hydrogens is 204 g/mol. The summed E-state index contributed by atoms with van der Waals surface area (Å²) >= 11 is 0. The molecule has 2 heterocycles. The fraction of sp³-hybridized carbons (Fsp3) is 0.364. The van der Waals surface area contributed by atoms with Crippen LogP contribution in [0.25, 0.3) is 0 Å². The molecule has 0 unspecified atom stereocenters. The minimum Gasteiger partial charge on any atom is -0.328 e. The Kier molecular flexibility index (Phi) is 2.85. The zero-order valence-corrected chi connectivity index (χ0v) is 9.40. The van der Waals surface area contributed by atoms with Gasteiger partial charge in [0.25, 0.3) is 0 Å². The second kappa shape index (κ2) is 4.30. The highest BCUT2D eigenvalue weighted by Gasteiger charge is 2.17. The summed E-state index contributed by atoms with van der Waals surface area (Å²) in [6, 6.07) is 0. The average Bonchev–Trinajstić information content (AvgIpc) is 2.87. The number of ketones is 1. The minimum absolute atomic E-state index is 0.0790. The number of aromatic amines is 1. The lowest BCUT2D eigenvalue weighted by Crippen LogP contribution is -2.11. The molecule has 0 bridgehead atoms. The van der Waals surface area contributed by atoms with Crippen LogP contribution in [0.4, 0.5) is 0 Å². The van der Waals surface area contributed by atoms with Crippen molar-refractivity contribution in [2.24, 2.45) is 0 Å². The van der Waals surface area contributed by atoms with Crippen LogP contribution in [0.3, 0.4) is 0 Å². The lowest BCUT2D eigenvalue weighted by atomic mass is 10.1. The van der Waals surface area contributed by atoms with E-state index in [2.05, 4.69) is 22.1 Å². The van der Waals surface area contributed by atoms with Gasteiger partial charge in [0.2, 0.25) is 5.78 Å². The Morgan fingerprint density at radius 2 is 2.38 bits per heavy atom. The molecular formula is C11H14N4O. The summed E-state index contributed by atoms with van der Waals surface area (Å²) < 4.78 is 1.87. The van der Waals surface area contributed by atoms with E-state index < -0.39 is 0 Å². The van der Waals surface area contributed by atoms with Crippen molar-refractivity contribution in [3.8, 4) is 0 Å². The van der Waals surface area contributed by atoms with Crippen LogP contribution in [0.1, 0.15) is 35.2 Å². The SMILES string of the molecule is CCCn1ccnc1C(=O)c1cn[nH]c1C. The van der Waals surface area contributed by atoms with Gasteiger partial charge < -0.3 is 4.57 Å². The molecule has 0 amide bonds. The minimum atomic E-state index is -0.0790. The predicted octanol–water partition coefficient (Wildman–Crippen LogP) is 1.56. The molecule has 0 aliphatic heterocycles. The topological polar surface area (TPSA) is 63.6 Å². The van der Waals surface area contributed by atoms with E-state index in [0.29, 0.717) is 11.4 Å². The Hall–Kier alpha value is -1.91. The fourth-order valence-electron chi connectivity index (χ4n) is 1.64. The van der Waals surface area contributed by atoms with Crippen molar-refractivity contribution in [1.82, 2.24) is 19.7 Å². The van der Waals surface area contributed by atoms with Gasteiger partial charge in [-0.3, -0.25) is 9.89 Å². The van der Waals surface area contributed by atoms with Crippen molar-refractivity contribution in [2.45, 2.75) is 26.8 Å². The van der Waals surface area contributed by atoms with Crippen molar-refractivity contribution in [2.75, 3.05) is 0 Å². The molecule has 0 aromatic carbocycles. The standard InChI is InChI=1S/C11H14N4O/c1-3-5-15-6-4-12-11(15)10(16)9-7-13-14-8(9)2/h4,6-7H,3,5H2,1-2H3,(H,13,14). The molecule has 0 spiro atoms. The molecule has 0 fully saturated rings. The molecule has 2 rings (SSSR count). The van der Waals surface area contributed by atoms with Crippen LogP contribution >= 0.6 is 0 Å². The molecule has 2 aromatic heterocycles. The number of hydrogen-bond acceptors (Lipinski definition) is 3. The molecule has 0 saturated carbocycles. The molecule has 0 saturated heterocycles. The molecule has 5 heteroatoms. The maximum atomic E-state index is 12.1. The lowest BCUT2D eigenvalue weighted by molar-refractivity contribution is 0.102. The van der Waals surface area contributed by atoms with Crippen LogP contribution in [0.15, 0.2) is 18.6 Å². The normalized spacial score (nSPS) is 10.6. The van der Waals surface area contributed by atoms with Crippen LogP contribution in [-0.2, 0) is 6.54 Å². The number of carbonyl (C=O) groups excluding carboxylic acids is 1. The Morgan fingerprint density at radius 3 is 3.00 bits per heavy atom. The average molecular weight is 218 g/mol. The van der Waals surface area contributed by atoms with Gasteiger partial charge in [0.15, 0.2) is 5.82 Å². The van der Waals surface area contributed by atoms with E-state index in [4.69, 9.17) is 0 Å². The van der Waals surface area contributed by atoms with E-state index in [-0.39, 0.29) is 5.78 Å². The van der Waals surface area contributed by atoms with Gasteiger partial charge in [0, 0.05) is 24.6 Å². The number of aromatic nitrogens is 4. The van der Waals surface area contributed by atoms with Gasteiger partial charge in [0.1, 0.15) is 0 Å². The van der Waals surface area contributed by atoms with Gasteiger partial charge >= 0.3 is 0 Å². The van der Waals surface area contributed by atoms with Gasteiger partial charge in [-0.2, -0.15) is 5.10 Å². The third-order valence-corrected chi connectivity index (χ3v) is 2.46. The van der Waals surface area contributed by atoms with Crippen molar-refractivity contribution in [3.05, 3.63) is 35.7 Å². The van der Waals surface area contributed by atoms with E-state index in [1.165, 1.54) is 0 Å². The van der Waals surface area contributed by atoms with E-state index in [0.717, 1.165) is 18.7 Å². The van der Waals surface area contributed by atoms with E-state index in [1.54, 1.807) is 12.4 Å². The van der Waals surface area contributed by atoms with Gasteiger partial charge in [0.05, 0.1) is 11.8 Å². The summed E-state index contributed by atoms with van der Waals surface area (Å²) in [5.41, 5.74) is 1.36. The second-order valence-corrected chi connectivity index (χ2v) is 3.68. The van der Waals surface area contributed by atoms with E-state index >= 15 is 0 Å². The first kappa shape index (κ1) is 10.6. The van der Waals surface area contributed by atoms with Crippen molar-refractivity contribution < 1.29 is 4.79 Å². The Bertz CT molecular complexity index is 498. The quantitative estimate of drug-likeness (QED) is 0.792. The van der Waals surface area contributed by atoms with Gasteiger partial charge in [-0.1, -0.05) is 6.92 Å². The molecule has 0 radical (unpaired) electrons. The molecule has 0 atom stereocenters. The van der Waals surface area contributed by atoms with Crippen molar-refractivity contribution in [3.63, 3.8) is 0 Å². The summed E-state index contributed by atoms with van der Waals surface area (Å²) in [5.74, 6) is 0.399. The lowest BCUT2D eigenvalue weighted by Gasteiger charge is -2.04. The monoisotopic (exact) mass is 218 g/mol. The number of hydrogen-bond donors (Lipinski definition) is 1. The van der Waals surface area contributed by atoms with Gasteiger partial charge in [-0.05, 0) is 13.3 Å². The van der Waals surface area contributed by atoms with Crippen LogP contribution in [0.2, 0.25) is 0 Å². The maximum Gasteiger partial charge on any atom is 0.231 e. The molecule has 84 valence electrons. The zero-order valence-electron chi connectivity index (χ0n) is 9.40. The highest BCUT2D eigenvalue weighted by molar-refractivity contribution is 6.07. The first-order valence-corrected chi connectivity index (χ1v) is 5.29. The maximum absolute atomic E-state index is 12.1. The number of H-pyrrole nitrogens is 1.